The van der Waals surface area contributed by atoms with Gasteiger partial charge in [0.25, 0.3) is 11.8 Å². The van der Waals surface area contributed by atoms with Crippen molar-refractivity contribution in [1.82, 2.24) is 4.90 Å². The zero-order valence-corrected chi connectivity index (χ0v) is 17.7. The van der Waals surface area contributed by atoms with E-state index in [2.05, 4.69) is 5.32 Å². The number of nitrogens with one attached hydrogen (secondary N) is 1. The zero-order chi connectivity index (χ0) is 22.2. The molecular weight excluding hydrogens is 394 g/mol. The van der Waals surface area contributed by atoms with Crippen LogP contribution in [-0.4, -0.2) is 49.6 Å². The molecule has 0 spiro atoms. The highest BCUT2D eigenvalue weighted by Gasteiger charge is 2.17. The highest BCUT2D eigenvalue weighted by molar-refractivity contribution is 6.09. The Bertz CT molecular complexity index is 996. The van der Waals surface area contributed by atoms with E-state index in [1.807, 2.05) is 38.1 Å². The number of carbonyl (C=O) groups excluding carboxylic acids is 2. The number of hydrogen-bond acceptors (Lipinski definition) is 5. The van der Waals surface area contributed by atoms with Gasteiger partial charge in [-0.2, -0.15) is 5.26 Å². The number of anilines is 1. The normalized spacial score (nSPS) is 14.0. The van der Waals surface area contributed by atoms with Crippen LogP contribution in [0.5, 0.6) is 5.75 Å². The Labute approximate surface area is 181 Å². The first kappa shape index (κ1) is 22.1. The monoisotopic (exact) mass is 419 g/mol. The first-order valence-electron chi connectivity index (χ1n) is 10.0. The zero-order valence-electron chi connectivity index (χ0n) is 17.7. The number of carbonyl (C=O) groups is 2. The average molecular weight is 419 g/mol. The number of benzene rings is 2. The molecule has 3 rings (SSSR count). The van der Waals surface area contributed by atoms with Crippen LogP contribution in [0.25, 0.3) is 6.08 Å². The van der Waals surface area contributed by atoms with Crippen LogP contribution in [-0.2, 0) is 14.3 Å². The van der Waals surface area contributed by atoms with Gasteiger partial charge in [-0.25, -0.2) is 0 Å². The lowest BCUT2D eigenvalue weighted by Crippen LogP contribution is -2.42. The van der Waals surface area contributed by atoms with Crippen LogP contribution in [0.1, 0.15) is 16.7 Å². The predicted octanol–water partition coefficient (Wildman–Crippen LogP) is 3.09. The average Bonchev–Trinajstić information content (AvgIpc) is 2.76. The lowest BCUT2D eigenvalue weighted by atomic mass is 10.1. The van der Waals surface area contributed by atoms with Gasteiger partial charge in [-0.3, -0.25) is 9.59 Å². The molecule has 1 fully saturated rings. The number of hydrogen-bond donors (Lipinski definition) is 1. The van der Waals surface area contributed by atoms with E-state index >= 15 is 0 Å². The van der Waals surface area contributed by atoms with Crippen LogP contribution >= 0.6 is 0 Å². The van der Waals surface area contributed by atoms with Crippen LogP contribution in [0, 0.1) is 25.2 Å². The fraction of sp³-hybridized carbons (Fsp3) is 0.292. The Morgan fingerprint density at radius 2 is 1.77 bits per heavy atom. The molecule has 31 heavy (non-hydrogen) atoms. The lowest BCUT2D eigenvalue weighted by molar-refractivity contribution is -0.137. The number of aryl methyl sites for hydroxylation is 2. The molecule has 2 aromatic rings. The number of nitrogens with zero attached hydrogens (tertiary/aromatic N) is 2. The molecule has 7 nitrogen and oxygen atoms in total. The summed E-state index contributed by atoms with van der Waals surface area (Å²) < 4.78 is 10.8. The molecule has 2 aromatic carbocycles. The fourth-order valence-electron chi connectivity index (χ4n) is 3.27. The molecule has 1 N–H and O–H groups in total. The molecule has 7 heteroatoms. The minimum atomic E-state index is -0.469. The van der Waals surface area contributed by atoms with E-state index in [-0.39, 0.29) is 18.1 Å². The van der Waals surface area contributed by atoms with Crippen molar-refractivity contribution < 1.29 is 19.1 Å². The van der Waals surface area contributed by atoms with E-state index in [0.29, 0.717) is 43.3 Å². The molecule has 0 aromatic heterocycles. The van der Waals surface area contributed by atoms with Crippen LogP contribution in [0.4, 0.5) is 5.69 Å². The molecule has 0 radical (unpaired) electrons. The van der Waals surface area contributed by atoms with E-state index in [9.17, 15) is 14.9 Å². The summed E-state index contributed by atoms with van der Waals surface area (Å²) in [6.07, 6.45) is 1.51. The Kier molecular flexibility index (Phi) is 7.41. The van der Waals surface area contributed by atoms with Crippen LogP contribution < -0.4 is 10.1 Å². The van der Waals surface area contributed by atoms with E-state index in [1.165, 1.54) is 6.08 Å². The maximum absolute atomic E-state index is 12.5. The summed E-state index contributed by atoms with van der Waals surface area (Å²) >= 11 is 0. The van der Waals surface area contributed by atoms with E-state index in [4.69, 9.17) is 9.47 Å². The van der Waals surface area contributed by atoms with Gasteiger partial charge in [0.15, 0.2) is 6.61 Å². The number of rotatable bonds is 6. The Morgan fingerprint density at radius 3 is 2.39 bits per heavy atom. The van der Waals surface area contributed by atoms with Gasteiger partial charge < -0.3 is 19.7 Å². The van der Waals surface area contributed by atoms with Crippen molar-refractivity contribution in [2.24, 2.45) is 0 Å². The molecule has 0 bridgehead atoms. The molecule has 160 valence electrons. The molecular formula is C24H25N3O4. The second-order valence-electron chi connectivity index (χ2n) is 7.35. The molecule has 0 atom stereocenters. The minimum absolute atomic E-state index is 0.00433. The maximum Gasteiger partial charge on any atom is 0.266 e. The van der Waals surface area contributed by atoms with Crippen LogP contribution in [0.15, 0.2) is 48.0 Å². The molecule has 1 heterocycles. The standard InChI is InChI=1S/C24H25N3O4/c1-17-11-18(2)13-21(12-17)26-24(29)20(15-25)14-19-3-5-22(6-4-19)31-16-23(28)27-7-9-30-10-8-27/h3-6,11-14H,7-10,16H2,1-2H3,(H,26,29)/b20-14-. The fourth-order valence-corrected chi connectivity index (χ4v) is 3.27. The van der Waals surface area contributed by atoms with Gasteiger partial charge >= 0.3 is 0 Å². The minimum Gasteiger partial charge on any atom is -0.484 e. The lowest BCUT2D eigenvalue weighted by Gasteiger charge is -2.26. The Hall–Kier alpha value is -3.63. The van der Waals surface area contributed by atoms with Crippen molar-refractivity contribution in [2.75, 3.05) is 38.2 Å². The largest absolute Gasteiger partial charge is 0.484 e. The summed E-state index contributed by atoms with van der Waals surface area (Å²) in [6, 6.07) is 14.5. The van der Waals surface area contributed by atoms with Gasteiger partial charge in [-0.15, -0.1) is 0 Å². The predicted molar refractivity (Wildman–Crippen MR) is 117 cm³/mol. The van der Waals surface area contributed by atoms with Crippen molar-refractivity contribution in [3.63, 3.8) is 0 Å². The van der Waals surface area contributed by atoms with Gasteiger partial charge in [0.2, 0.25) is 0 Å². The third-order valence-electron chi connectivity index (χ3n) is 4.76. The number of nitriles is 1. The van der Waals surface area contributed by atoms with E-state index in [0.717, 1.165) is 11.1 Å². The van der Waals surface area contributed by atoms with Gasteiger partial charge in [0, 0.05) is 18.8 Å². The quantitative estimate of drug-likeness (QED) is 0.574. The summed E-state index contributed by atoms with van der Waals surface area (Å²) in [5.41, 5.74) is 3.38. The second kappa shape index (κ2) is 10.4. The molecule has 0 aliphatic carbocycles. The number of ether oxygens (including phenoxy) is 2. The van der Waals surface area contributed by atoms with Crippen molar-refractivity contribution in [2.45, 2.75) is 13.8 Å². The van der Waals surface area contributed by atoms with Gasteiger partial charge in [0.05, 0.1) is 13.2 Å². The smallest absolute Gasteiger partial charge is 0.266 e. The summed E-state index contributed by atoms with van der Waals surface area (Å²) in [4.78, 5) is 26.3. The molecule has 1 saturated heterocycles. The first-order valence-corrected chi connectivity index (χ1v) is 10.0. The van der Waals surface area contributed by atoms with Crippen molar-refractivity contribution in [1.29, 1.82) is 5.26 Å². The van der Waals surface area contributed by atoms with Crippen molar-refractivity contribution >= 4 is 23.6 Å². The molecule has 1 aliphatic rings. The van der Waals surface area contributed by atoms with Crippen LogP contribution in [0.3, 0.4) is 0 Å². The van der Waals surface area contributed by atoms with Gasteiger partial charge in [-0.1, -0.05) is 18.2 Å². The summed E-state index contributed by atoms with van der Waals surface area (Å²) in [7, 11) is 0. The third kappa shape index (κ3) is 6.43. The third-order valence-corrected chi connectivity index (χ3v) is 4.76. The van der Waals surface area contributed by atoms with Gasteiger partial charge in [-0.05, 0) is 60.9 Å². The highest BCUT2D eigenvalue weighted by atomic mass is 16.5. The molecule has 0 saturated carbocycles. The van der Waals surface area contributed by atoms with Crippen molar-refractivity contribution in [3.05, 3.63) is 64.7 Å². The first-order chi connectivity index (χ1) is 14.9. The topological polar surface area (TPSA) is 91.7 Å². The maximum atomic E-state index is 12.5. The summed E-state index contributed by atoms with van der Waals surface area (Å²) in [5, 5.41) is 12.2. The molecule has 2 amide bonds. The van der Waals surface area contributed by atoms with E-state index in [1.54, 1.807) is 29.2 Å². The summed E-state index contributed by atoms with van der Waals surface area (Å²) in [6.45, 7) is 6.09. The Balaban J connectivity index is 1.60. The summed E-state index contributed by atoms with van der Waals surface area (Å²) in [5.74, 6) is -0.0111. The SMILES string of the molecule is Cc1cc(C)cc(NC(=O)/C(C#N)=C\c2ccc(OCC(=O)N3CCOCC3)cc2)c1. The van der Waals surface area contributed by atoms with Crippen LogP contribution in [0.2, 0.25) is 0 Å². The van der Waals surface area contributed by atoms with E-state index < -0.39 is 5.91 Å². The highest BCUT2D eigenvalue weighted by Crippen LogP contribution is 2.17. The second-order valence-corrected chi connectivity index (χ2v) is 7.35. The molecule has 0 unspecified atom stereocenters. The van der Waals surface area contributed by atoms with Gasteiger partial charge in [0.1, 0.15) is 17.4 Å². The molecule has 1 aliphatic heterocycles. The number of amides is 2. The Morgan fingerprint density at radius 1 is 1.13 bits per heavy atom. The number of morpholine rings is 1. The van der Waals surface area contributed by atoms with Crippen molar-refractivity contribution in [3.8, 4) is 11.8 Å².